The fourth-order valence-corrected chi connectivity index (χ4v) is 14.5. The van der Waals surface area contributed by atoms with Crippen molar-refractivity contribution < 1.29 is 8.83 Å². The monoisotopic (exact) mass is 1040 g/mol. The van der Waals surface area contributed by atoms with Crippen molar-refractivity contribution in [3.05, 3.63) is 282 Å². The third-order valence-corrected chi connectivity index (χ3v) is 17.7. The van der Waals surface area contributed by atoms with Gasteiger partial charge in [0.05, 0.1) is 50.9 Å². The van der Waals surface area contributed by atoms with Crippen LogP contribution in [0.25, 0.3) is 104 Å². The molecule has 18 rings (SSSR count). The fraction of sp³-hybridized carbons (Fsp3) is 0.0133. The van der Waals surface area contributed by atoms with Crippen LogP contribution in [0.2, 0.25) is 0 Å². The number of nitrogens with zero attached hydrogens (tertiary/aromatic N) is 5. The first-order valence-corrected chi connectivity index (χ1v) is 27.6. The summed E-state index contributed by atoms with van der Waals surface area (Å²) in [5.74, 6) is 0. The van der Waals surface area contributed by atoms with Crippen molar-refractivity contribution in [3.8, 4) is 34.4 Å². The molecule has 0 aliphatic heterocycles. The average Bonchev–Trinajstić information content (AvgIpc) is 2.86. The maximum Gasteiger partial charge on any atom is 0.137 e. The molecule has 0 unspecified atom stereocenters. The second kappa shape index (κ2) is 16.3. The molecule has 2 aliphatic carbocycles. The molecule has 0 amide bonds. The summed E-state index contributed by atoms with van der Waals surface area (Å²) in [7, 11) is 0. The van der Waals surface area contributed by atoms with Gasteiger partial charge in [0.1, 0.15) is 22.3 Å². The van der Waals surface area contributed by atoms with Crippen LogP contribution in [0.3, 0.4) is 0 Å². The molecule has 0 bridgehead atoms. The largest absolute Gasteiger partial charge is 0.456 e. The van der Waals surface area contributed by atoms with Crippen molar-refractivity contribution in [2.75, 3.05) is 9.80 Å². The van der Waals surface area contributed by atoms with Gasteiger partial charge in [-0.05, 0) is 136 Å². The first kappa shape index (κ1) is 44.6. The highest BCUT2D eigenvalue weighted by atomic mass is 16.3. The van der Waals surface area contributed by atoms with Gasteiger partial charge in [0.15, 0.2) is 0 Å². The Morgan fingerprint density at radius 1 is 0.341 bits per heavy atom. The summed E-state index contributed by atoms with van der Waals surface area (Å²) in [4.78, 5) is 4.62. The van der Waals surface area contributed by atoms with Gasteiger partial charge in [-0.3, -0.25) is 0 Å². The van der Waals surface area contributed by atoms with Crippen molar-refractivity contribution in [1.82, 2.24) is 4.40 Å². The zero-order valence-corrected chi connectivity index (χ0v) is 43.7. The van der Waals surface area contributed by atoms with Crippen LogP contribution >= 0.6 is 0 Å². The highest BCUT2D eigenvalue weighted by Crippen LogP contribution is 2.66. The lowest BCUT2D eigenvalue weighted by atomic mass is 9.70. The number of furan rings is 2. The number of nitriles is 2. The molecule has 4 aromatic heterocycles. The topological polar surface area (TPSA) is 84.8 Å². The number of aromatic nitrogens is 1. The Morgan fingerprint density at radius 3 is 1.50 bits per heavy atom. The first-order valence-electron chi connectivity index (χ1n) is 27.6. The molecule has 378 valence electrons. The van der Waals surface area contributed by atoms with Gasteiger partial charge in [0.25, 0.3) is 0 Å². The van der Waals surface area contributed by atoms with E-state index in [1.807, 2.05) is 66.7 Å². The highest BCUT2D eigenvalue weighted by Gasteiger charge is 2.53. The number of anilines is 6. The molecule has 0 radical (unpaired) electrons. The normalized spacial score (nSPS) is 13.0. The minimum Gasteiger partial charge on any atom is -0.456 e. The maximum atomic E-state index is 10.6. The van der Waals surface area contributed by atoms with E-state index >= 15 is 0 Å². The van der Waals surface area contributed by atoms with E-state index in [4.69, 9.17) is 8.83 Å². The smallest absolute Gasteiger partial charge is 0.137 e. The van der Waals surface area contributed by atoms with E-state index in [1.165, 1.54) is 33.0 Å². The quantitative estimate of drug-likeness (QED) is 0.165. The van der Waals surface area contributed by atoms with Crippen LogP contribution < -0.4 is 9.80 Å². The van der Waals surface area contributed by atoms with E-state index in [1.54, 1.807) is 0 Å². The number of benzene rings is 12. The van der Waals surface area contributed by atoms with Crippen LogP contribution in [-0.2, 0) is 5.41 Å². The SMILES string of the molecule is N#Cc1cccc(N(c2ccc3c(c2)C2(c4ccccc4-c4ccccc42)c2cc(N(c4cccc(C#N)c4)c4ccc5c(c4)oc4ccccc45)c4c5cccc6c7ccccc7n(c4c2-3)c65)c2ccc3c(c2)oc2ccccc23)c1. The van der Waals surface area contributed by atoms with Crippen LogP contribution in [0.1, 0.15) is 33.4 Å². The van der Waals surface area contributed by atoms with Crippen molar-refractivity contribution in [2.24, 2.45) is 0 Å². The van der Waals surface area contributed by atoms with E-state index in [9.17, 15) is 10.5 Å². The molecule has 0 N–H and O–H groups in total. The summed E-state index contributed by atoms with van der Waals surface area (Å²) in [5.41, 5.74) is 21.6. The van der Waals surface area contributed by atoms with Crippen molar-refractivity contribution in [3.63, 3.8) is 0 Å². The molecular weight excluding hydrogens is 1000 g/mol. The van der Waals surface area contributed by atoms with Gasteiger partial charge in [-0.2, -0.15) is 10.5 Å². The summed E-state index contributed by atoms with van der Waals surface area (Å²) >= 11 is 0. The molecule has 4 heterocycles. The predicted molar refractivity (Wildman–Crippen MR) is 331 cm³/mol. The molecule has 2 aliphatic rings. The third kappa shape index (κ3) is 5.80. The van der Waals surface area contributed by atoms with Crippen molar-refractivity contribution in [2.45, 2.75) is 5.41 Å². The van der Waals surface area contributed by atoms with Gasteiger partial charge in [-0.1, -0.05) is 140 Å². The van der Waals surface area contributed by atoms with Gasteiger partial charge < -0.3 is 23.0 Å². The van der Waals surface area contributed by atoms with Crippen LogP contribution in [-0.4, -0.2) is 4.40 Å². The Hall–Kier alpha value is -11.4. The zero-order chi connectivity index (χ0) is 53.9. The Bertz CT molecular complexity index is 5500. The summed E-state index contributed by atoms with van der Waals surface area (Å²) < 4.78 is 15.8. The summed E-state index contributed by atoms with van der Waals surface area (Å²) in [6, 6.07) is 93.1. The molecule has 0 fully saturated rings. The standard InChI is InChI=1S/C75H41N5O2/c76-42-44-14-11-16-46(36-44)78(49-30-33-56-54-21-4-9-28-67(54)81-69(56)39-49)48-32-35-59-63(38-48)75(61-25-6-1-18-51(61)52-19-2-7-26-62(52)75)64-41-66(72-60-24-13-23-58-53-20-3-8-27-65(53)80(73(58)60)74(72)71(59)64)79(47-17-12-15-45(37-47)43-77)50-31-34-57-55-22-5-10-29-68(55)82-70(57)40-50/h1-41H. The van der Waals surface area contributed by atoms with Gasteiger partial charge in [0, 0.05) is 89.2 Å². The minimum absolute atomic E-state index is 0.559. The van der Waals surface area contributed by atoms with Crippen molar-refractivity contribution in [1.29, 1.82) is 10.5 Å². The number of para-hydroxylation sites is 4. The maximum absolute atomic E-state index is 10.6. The fourth-order valence-electron chi connectivity index (χ4n) is 14.5. The predicted octanol–water partition coefficient (Wildman–Crippen LogP) is 19.7. The Morgan fingerprint density at radius 2 is 0.841 bits per heavy atom. The summed E-state index contributed by atoms with van der Waals surface area (Å²) in [5, 5.41) is 29.8. The van der Waals surface area contributed by atoms with Crippen LogP contribution in [0, 0.1) is 22.7 Å². The van der Waals surface area contributed by atoms with E-state index < -0.39 is 5.41 Å². The molecule has 16 aromatic rings. The molecule has 0 atom stereocenters. The van der Waals surface area contributed by atoms with E-state index in [0.29, 0.717) is 11.1 Å². The third-order valence-electron chi connectivity index (χ3n) is 17.7. The van der Waals surface area contributed by atoms with Crippen LogP contribution in [0.15, 0.2) is 258 Å². The second-order valence-corrected chi connectivity index (χ2v) is 21.7. The lowest BCUT2D eigenvalue weighted by molar-refractivity contribution is 0.668. The molecule has 0 saturated carbocycles. The number of fused-ring (bicyclic) bond motifs is 23. The van der Waals surface area contributed by atoms with Gasteiger partial charge >= 0.3 is 0 Å². The molecule has 12 aromatic carbocycles. The number of rotatable bonds is 6. The van der Waals surface area contributed by atoms with Crippen LogP contribution in [0.4, 0.5) is 34.1 Å². The minimum atomic E-state index is -0.847. The van der Waals surface area contributed by atoms with E-state index in [0.717, 1.165) is 128 Å². The van der Waals surface area contributed by atoms with Crippen LogP contribution in [0.5, 0.6) is 0 Å². The molecule has 7 heteroatoms. The summed E-state index contributed by atoms with van der Waals surface area (Å²) in [6.45, 7) is 0. The second-order valence-electron chi connectivity index (χ2n) is 21.7. The van der Waals surface area contributed by atoms with E-state index in [-0.39, 0.29) is 0 Å². The Kier molecular flexibility index (Phi) is 8.89. The molecule has 1 spiro atoms. The number of hydrogen-bond donors (Lipinski definition) is 0. The summed E-state index contributed by atoms with van der Waals surface area (Å²) in [6.07, 6.45) is 0. The van der Waals surface area contributed by atoms with Crippen molar-refractivity contribution >= 4 is 116 Å². The van der Waals surface area contributed by atoms with Gasteiger partial charge in [0.2, 0.25) is 0 Å². The lowest BCUT2D eigenvalue weighted by Gasteiger charge is -2.33. The van der Waals surface area contributed by atoms with Gasteiger partial charge in [-0.25, -0.2) is 0 Å². The average molecular weight is 1040 g/mol. The Balaban J connectivity index is 1.000. The van der Waals surface area contributed by atoms with Gasteiger partial charge in [-0.15, -0.1) is 0 Å². The molecule has 0 saturated heterocycles. The number of hydrogen-bond acceptors (Lipinski definition) is 6. The molecule has 82 heavy (non-hydrogen) atoms. The lowest BCUT2D eigenvalue weighted by Crippen LogP contribution is -2.26. The first-order chi connectivity index (χ1) is 40.6. The molecule has 7 nitrogen and oxygen atoms in total. The molecular formula is C75H41N5O2. The van der Waals surface area contributed by atoms with E-state index in [2.05, 4.69) is 208 Å². The highest BCUT2D eigenvalue weighted by molar-refractivity contribution is 6.29. The zero-order valence-electron chi connectivity index (χ0n) is 43.7. The Labute approximate surface area is 469 Å².